The largest absolute Gasteiger partial charge is 0.416 e. The third-order valence-electron chi connectivity index (χ3n) is 6.14. The summed E-state index contributed by atoms with van der Waals surface area (Å²) in [6, 6.07) is 2.95. The van der Waals surface area contributed by atoms with Gasteiger partial charge in [0.25, 0.3) is 0 Å². The molecule has 30 heavy (non-hydrogen) atoms. The van der Waals surface area contributed by atoms with E-state index in [1.807, 2.05) is 6.92 Å². The fourth-order valence-corrected chi connectivity index (χ4v) is 5.76. The molecule has 10 heteroatoms. The van der Waals surface area contributed by atoms with E-state index in [2.05, 4.69) is 10.6 Å². The summed E-state index contributed by atoms with van der Waals surface area (Å²) in [5, 5.41) is 3.35. The van der Waals surface area contributed by atoms with Crippen molar-refractivity contribution in [3.05, 3.63) is 29.8 Å². The second kappa shape index (κ2) is 8.11. The van der Waals surface area contributed by atoms with Gasteiger partial charge in [-0.25, -0.2) is 12.8 Å². The number of carbonyl (C=O) groups is 1. The predicted molar refractivity (Wildman–Crippen MR) is 103 cm³/mol. The molecule has 5 nitrogen and oxygen atoms in total. The number of halogens is 4. The van der Waals surface area contributed by atoms with Gasteiger partial charge < -0.3 is 10.6 Å². The highest BCUT2D eigenvalue weighted by Gasteiger charge is 2.48. The Labute approximate surface area is 173 Å². The van der Waals surface area contributed by atoms with Crippen LogP contribution in [0, 0.1) is 0 Å². The Morgan fingerprint density at radius 3 is 2.33 bits per heavy atom. The van der Waals surface area contributed by atoms with Crippen LogP contribution in [-0.2, 0) is 20.8 Å². The molecule has 0 saturated heterocycles. The second-order valence-electron chi connectivity index (χ2n) is 8.53. The summed E-state index contributed by atoms with van der Waals surface area (Å²) in [5.41, 5.74) is -1.30. The number of rotatable bonds is 6. The molecule has 0 unspecified atom stereocenters. The molecule has 168 valence electrons. The minimum Gasteiger partial charge on any atom is -0.350 e. The summed E-state index contributed by atoms with van der Waals surface area (Å²) in [7, 11) is -4.59. The maximum Gasteiger partial charge on any atom is 0.416 e. The van der Waals surface area contributed by atoms with Crippen molar-refractivity contribution in [1.82, 2.24) is 10.6 Å². The maximum absolute atomic E-state index is 15.3. The SMILES string of the molecule is CC1(NC(=O)CNC2CCC(F)(S(=O)(=O)c3cccc(C(F)(F)F)c3)CC2)CCC1. The third-order valence-corrected chi connectivity index (χ3v) is 8.38. The normalized spacial score (nSPS) is 26.6. The van der Waals surface area contributed by atoms with Crippen molar-refractivity contribution < 1.29 is 30.8 Å². The van der Waals surface area contributed by atoms with Crippen LogP contribution in [0.25, 0.3) is 0 Å². The van der Waals surface area contributed by atoms with Crippen molar-refractivity contribution in [2.24, 2.45) is 0 Å². The van der Waals surface area contributed by atoms with Crippen molar-refractivity contribution in [2.45, 2.75) is 79.5 Å². The van der Waals surface area contributed by atoms with E-state index >= 15 is 4.39 Å². The van der Waals surface area contributed by atoms with E-state index in [1.54, 1.807) is 0 Å². The Balaban J connectivity index is 1.59. The van der Waals surface area contributed by atoms with Crippen molar-refractivity contribution in [3.63, 3.8) is 0 Å². The number of hydrogen-bond donors (Lipinski definition) is 2. The molecule has 2 fully saturated rings. The molecule has 1 aromatic rings. The Morgan fingerprint density at radius 2 is 1.80 bits per heavy atom. The number of alkyl halides is 4. The fourth-order valence-electron chi connectivity index (χ4n) is 4.02. The second-order valence-corrected chi connectivity index (χ2v) is 10.7. The first-order valence-electron chi connectivity index (χ1n) is 10.00. The van der Waals surface area contributed by atoms with Gasteiger partial charge in [0.15, 0.2) is 0 Å². The summed E-state index contributed by atoms with van der Waals surface area (Å²) >= 11 is 0. The summed E-state index contributed by atoms with van der Waals surface area (Å²) < 4.78 is 79.5. The molecule has 2 N–H and O–H groups in total. The van der Waals surface area contributed by atoms with E-state index < -0.39 is 31.5 Å². The van der Waals surface area contributed by atoms with Crippen molar-refractivity contribution >= 4 is 15.7 Å². The predicted octanol–water partition coefficient (Wildman–Crippen LogP) is 3.74. The fraction of sp³-hybridized carbons (Fsp3) is 0.650. The first-order chi connectivity index (χ1) is 13.8. The molecule has 0 aromatic heterocycles. The molecule has 0 heterocycles. The van der Waals surface area contributed by atoms with Crippen LogP contribution in [0.3, 0.4) is 0 Å². The summed E-state index contributed by atoms with van der Waals surface area (Å²) in [6.07, 6.45) is -2.14. The molecular formula is C20H26F4N2O3S. The lowest BCUT2D eigenvalue weighted by Crippen LogP contribution is -2.54. The zero-order valence-electron chi connectivity index (χ0n) is 16.7. The maximum atomic E-state index is 15.3. The minimum absolute atomic E-state index is 0.0555. The number of carbonyl (C=O) groups excluding carboxylic acids is 1. The third kappa shape index (κ3) is 4.80. The molecule has 1 aromatic carbocycles. The van der Waals surface area contributed by atoms with Gasteiger partial charge >= 0.3 is 6.18 Å². The van der Waals surface area contributed by atoms with E-state index in [0.717, 1.165) is 37.5 Å². The molecule has 3 rings (SSSR count). The molecule has 2 saturated carbocycles. The Hall–Kier alpha value is -1.68. The van der Waals surface area contributed by atoms with Crippen molar-refractivity contribution in [1.29, 1.82) is 0 Å². The van der Waals surface area contributed by atoms with Crippen molar-refractivity contribution in [3.8, 4) is 0 Å². The first kappa shape index (κ1) is 23.0. The summed E-state index contributed by atoms with van der Waals surface area (Å²) in [6.45, 7) is 2.03. The zero-order chi connectivity index (χ0) is 22.2. The van der Waals surface area contributed by atoms with Gasteiger partial charge in [0, 0.05) is 11.6 Å². The Morgan fingerprint density at radius 1 is 1.17 bits per heavy atom. The average Bonchev–Trinajstić information content (AvgIpc) is 2.65. The van der Waals surface area contributed by atoms with E-state index in [0.29, 0.717) is 6.07 Å². The van der Waals surface area contributed by atoms with E-state index in [-0.39, 0.29) is 49.7 Å². The lowest BCUT2D eigenvalue weighted by atomic mass is 9.78. The van der Waals surface area contributed by atoms with E-state index in [1.165, 1.54) is 0 Å². The Kier molecular flexibility index (Phi) is 6.21. The molecule has 1 amide bonds. The van der Waals surface area contributed by atoms with Crippen LogP contribution >= 0.6 is 0 Å². The average molecular weight is 450 g/mol. The van der Waals surface area contributed by atoms with Gasteiger partial charge in [-0.15, -0.1) is 0 Å². The van der Waals surface area contributed by atoms with Gasteiger partial charge in [-0.3, -0.25) is 4.79 Å². The van der Waals surface area contributed by atoms with E-state index in [4.69, 9.17) is 0 Å². The van der Waals surface area contributed by atoms with Gasteiger partial charge in [0.1, 0.15) is 0 Å². The summed E-state index contributed by atoms with van der Waals surface area (Å²) in [5.74, 6) is -0.161. The molecular weight excluding hydrogens is 424 g/mol. The highest BCUT2D eigenvalue weighted by molar-refractivity contribution is 7.92. The van der Waals surface area contributed by atoms with Gasteiger partial charge in [0.05, 0.1) is 17.0 Å². The number of nitrogens with one attached hydrogen (secondary N) is 2. The summed E-state index contributed by atoms with van der Waals surface area (Å²) in [4.78, 5) is 11.4. The van der Waals surface area contributed by atoms with Gasteiger partial charge in [-0.2, -0.15) is 13.2 Å². The van der Waals surface area contributed by atoms with Gasteiger partial charge in [-0.1, -0.05) is 6.07 Å². The van der Waals surface area contributed by atoms with Crippen LogP contribution in [0.15, 0.2) is 29.2 Å². The Bertz CT molecular complexity index is 890. The topological polar surface area (TPSA) is 75.3 Å². The molecule has 0 spiro atoms. The molecule has 0 aliphatic heterocycles. The smallest absolute Gasteiger partial charge is 0.350 e. The number of hydrogen-bond acceptors (Lipinski definition) is 4. The van der Waals surface area contributed by atoms with Crippen LogP contribution in [0.5, 0.6) is 0 Å². The van der Waals surface area contributed by atoms with E-state index in [9.17, 15) is 26.4 Å². The van der Waals surface area contributed by atoms with Crippen LogP contribution in [0.4, 0.5) is 17.6 Å². The molecule has 0 atom stereocenters. The first-order valence-corrected chi connectivity index (χ1v) is 11.5. The molecule has 0 radical (unpaired) electrons. The number of sulfone groups is 1. The number of amides is 1. The molecule has 0 bridgehead atoms. The lowest BCUT2D eigenvalue weighted by Gasteiger charge is -2.39. The van der Waals surface area contributed by atoms with Gasteiger partial charge in [0.2, 0.25) is 20.7 Å². The highest BCUT2D eigenvalue weighted by atomic mass is 32.2. The van der Waals surface area contributed by atoms with Crippen LogP contribution in [0.2, 0.25) is 0 Å². The zero-order valence-corrected chi connectivity index (χ0v) is 17.5. The monoisotopic (exact) mass is 450 g/mol. The molecule has 2 aliphatic rings. The number of benzene rings is 1. The quantitative estimate of drug-likeness (QED) is 0.648. The van der Waals surface area contributed by atoms with Crippen LogP contribution < -0.4 is 10.6 Å². The van der Waals surface area contributed by atoms with Crippen LogP contribution in [-0.4, -0.2) is 37.5 Å². The van der Waals surface area contributed by atoms with Crippen molar-refractivity contribution in [2.75, 3.05) is 6.54 Å². The van der Waals surface area contributed by atoms with Gasteiger partial charge in [-0.05, 0) is 70.1 Å². The van der Waals surface area contributed by atoms with Crippen LogP contribution in [0.1, 0.15) is 57.4 Å². The highest BCUT2D eigenvalue weighted by Crippen LogP contribution is 2.41. The standard InChI is InChI=1S/C20H26F4N2O3S/c1-18(8-3-9-18)26-17(27)13-25-15-6-10-19(21,11-7-15)30(28,29)16-5-2-4-14(12-16)20(22,23)24/h2,4-5,12,15,25H,3,6-11,13H2,1H3,(H,26,27). The molecule has 2 aliphatic carbocycles. The minimum atomic E-state index is -4.71. The lowest BCUT2D eigenvalue weighted by molar-refractivity contribution is -0.137.